The van der Waals surface area contributed by atoms with Crippen LogP contribution in [0.2, 0.25) is 0 Å². The molecule has 2 aromatic rings. The van der Waals surface area contributed by atoms with Crippen molar-refractivity contribution in [2.45, 2.75) is 13.8 Å². The summed E-state index contributed by atoms with van der Waals surface area (Å²) in [5, 5.41) is 4.45. The molecule has 13 nitrogen and oxygen atoms in total. The highest BCUT2D eigenvalue weighted by atomic mass is 16.5. The van der Waals surface area contributed by atoms with Crippen LogP contribution in [0.25, 0.3) is 0 Å². The predicted molar refractivity (Wildman–Crippen MR) is 137 cm³/mol. The van der Waals surface area contributed by atoms with Gasteiger partial charge >= 0.3 is 11.9 Å². The molecule has 2 unspecified atom stereocenters. The molecule has 2 aromatic carbocycles. The van der Waals surface area contributed by atoms with Crippen LogP contribution in [0.5, 0.6) is 11.5 Å². The molecule has 0 bridgehead atoms. The van der Waals surface area contributed by atoms with E-state index in [2.05, 4.69) is 10.6 Å². The number of ketones is 4. The number of fused-ring (bicyclic) bond motifs is 2. The van der Waals surface area contributed by atoms with Crippen molar-refractivity contribution in [3.63, 3.8) is 0 Å². The highest BCUT2D eigenvalue weighted by Gasteiger charge is 2.45. The minimum Gasteiger partial charge on any atom is -0.465 e. The van der Waals surface area contributed by atoms with Crippen molar-refractivity contribution in [3.05, 3.63) is 58.7 Å². The first-order chi connectivity index (χ1) is 19.6. The maximum Gasteiger partial charge on any atom is 0.325 e. The Morgan fingerprint density at radius 1 is 0.610 bits per heavy atom. The Morgan fingerprint density at radius 3 is 1.34 bits per heavy atom. The van der Waals surface area contributed by atoms with Gasteiger partial charge in [-0.15, -0.1) is 0 Å². The topological polar surface area (TPSA) is 188 Å². The van der Waals surface area contributed by atoms with E-state index in [9.17, 15) is 38.4 Å². The van der Waals surface area contributed by atoms with Crippen molar-refractivity contribution < 1.29 is 52.6 Å². The summed E-state index contributed by atoms with van der Waals surface area (Å²) >= 11 is 0. The summed E-state index contributed by atoms with van der Waals surface area (Å²) in [5.74, 6) is -9.45. The summed E-state index contributed by atoms with van der Waals surface area (Å²) in [4.78, 5) is 99.1. The van der Waals surface area contributed by atoms with E-state index < -0.39 is 71.8 Å². The molecule has 2 aliphatic carbocycles. The Labute approximate surface area is 232 Å². The third-order valence-corrected chi connectivity index (χ3v) is 6.28. The quantitative estimate of drug-likeness (QED) is 0.307. The number of carbonyl (C=O) groups is 8. The zero-order chi connectivity index (χ0) is 29.8. The number of esters is 2. The molecule has 0 radical (unpaired) electrons. The van der Waals surface area contributed by atoms with Gasteiger partial charge in [-0.3, -0.25) is 38.4 Å². The third kappa shape index (κ3) is 5.73. The SMILES string of the molecule is CCOC(=O)CNC(=O)C1C(=O)c2ccc(Oc3ccc4c(c3)C(=O)C(C(=O)NCC(=O)OCC)C4=O)cc2C1=O. The smallest absolute Gasteiger partial charge is 0.325 e. The molecule has 41 heavy (non-hydrogen) atoms. The van der Waals surface area contributed by atoms with E-state index in [-0.39, 0.29) is 47.0 Å². The second-order valence-electron chi connectivity index (χ2n) is 8.89. The lowest BCUT2D eigenvalue weighted by molar-refractivity contribution is -0.144. The van der Waals surface area contributed by atoms with Crippen LogP contribution >= 0.6 is 0 Å². The molecule has 2 N–H and O–H groups in total. The molecule has 0 aliphatic heterocycles. The zero-order valence-electron chi connectivity index (χ0n) is 21.9. The third-order valence-electron chi connectivity index (χ3n) is 6.28. The van der Waals surface area contributed by atoms with Gasteiger partial charge in [0, 0.05) is 22.3 Å². The molecule has 0 fully saturated rings. The van der Waals surface area contributed by atoms with Crippen LogP contribution in [0.1, 0.15) is 55.3 Å². The van der Waals surface area contributed by atoms with Gasteiger partial charge in [0.25, 0.3) is 0 Å². The second-order valence-corrected chi connectivity index (χ2v) is 8.89. The first-order valence-electron chi connectivity index (χ1n) is 12.6. The molecule has 2 atom stereocenters. The van der Waals surface area contributed by atoms with Gasteiger partial charge in [-0.2, -0.15) is 0 Å². The van der Waals surface area contributed by atoms with E-state index in [4.69, 9.17) is 14.2 Å². The van der Waals surface area contributed by atoms with E-state index in [1.165, 1.54) is 36.4 Å². The highest BCUT2D eigenvalue weighted by molar-refractivity contribution is 6.36. The van der Waals surface area contributed by atoms with Gasteiger partial charge in [-0.05, 0) is 50.2 Å². The fraction of sp³-hybridized carbons (Fsp3) is 0.286. The maximum absolute atomic E-state index is 12.9. The molecule has 0 saturated carbocycles. The fourth-order valence-corrected chi connectivity index (χ4v) is 4.43. The van der Waals surface area contributed by atoms with Crippen molar-refractivity contribution in [3.8, 4) is 11.5 Å². The summed E-state index contributed by atoms with van der Waals surface area (Å²) in [6.45, 7) is 2.39. The van der Waals surface area contributed by atoms with Crippen LogP contribution in [-0.2, 0) is 28.7 Å². The van der Waals surface area contributed by atoms with Crippen molar-refractivity contribution in [2.75, 3.05) is 26.3 Å². The largest absolute Gasteiger partial charge is 0.465 e. The Bertz CT molecular complexity index is 1400. The van der Waals surface area contributed by atoms with E-state index in [1.54, 1.807) is 13.8 Å². The highest BCUT2D eigenvalue weighted by Crippen LogP contribution is 2.35. The second kappa shape index (κ2) is 11.9. The molecular weight excluding hydrogens is 540 g/mol. The van der Waals surface area contributed by atoms with Crippen LogP contribution in [0.3, 0.4) is 0 Å². The van der Waals surface area contributed by atoms with Crippen LogP contribution in [-0.4, -0.2) is 73.2 Å². The van der Waals surface area contributed by atoms with Crippen molar-refractivity contribution in [1.82, 2.24) is 10.6 Å². The van der Waals surface area contributed by atoms with Gasteiger partial charge in [0.2, 0.25) is 11.8 Å². The number of rotatable bonds is 10. The van der Waals surface area contributed by atoms with E-state index in [1.807, 2.05) is 0 Å². The lowest BCUT2D eigenvalue weighted by atomic mass is 10.0. The lowest BCUT2D eigenvalue weighted by Gasteiger charge is -2.08. The monoisotopic (exact) mass is 564 g/mol. The van der Waals surface area contributed by atoms with Gasteiger partial charge in [0.15, 0.2) is 35.0 Å². The summed E-state index contributed by atoms with van der Waals surface area (Å²) < 4.78 is 15.2. The van der Waals surface area contributed by atoms with Gasteiger partial charge in [-0.1, -0.05) is 0 Å². The Morgan fingerprint density at radius 2 is 0.976 bits per heavy atom. The molecule has 13 heteroatoms. The number of hydrogen-bond acceptors (Lipinski definition) is 11. The number of benzene rings is 2. The fourth-order valence-electron chi connectivity index (χ4n) is 4.43. The molecule has 212 valence electrons. The number of Topliss-reactive ketones (excluding diaryl/α,β-unsaturated/α-hetero) is 4. The number of ether oxygens (including phenoxy) is 3. The number of hydrogen-bond donors (Lipinski definition) is 2. The van der Waals surface area contributed by atoms with Gasteiger partial charge < -0.3 is 24.8 Å². The lowest BCUT2D eigenvalue weighted by Crippen LogP contribution is -2.39. The van der Waals surface area contributed by atoms with Crippen LogP contribution in [0.4, 0.5) is 0 Å². The summed E-state index contributed by atoms with van der Waals surface area (Å²) in [7, 11) is 0. The number of nitrogens with one attached hydrogen (secondary N) is 2. The Hall–Kier alpha value is -5.20. The van der Waals surface area contributed by atoms with E-state index >= 15 is 0 Å². The molecular formula is C28H24N2O11. The molecule has 2 amide bonds. The summed E-state index contributed by atoms with van der Waals surface area (Å²) in [6, 6.07) is 7.93. The van der Waals surface area contributed by atoms with Crippen LogP contribution in [0.15, 0.2) is 36.4 Å². The van der Waals surface area contributed by atoms with Crippen LogP contribution < -0.4 is 15.4 Å². The first-order valence-corrected chi connectivity index (χ1v) is 12.6. The number of carbonyl (C=O) groups excluding carboxylic acids is 8. The van der Waals surface area contributed by atoms with Crippen molar-refractivity contribution >= 4 is 46.9 Å². The average Bonchev–Trinajstić information content (AvgIpc) is 3.34. The van der Waals surface area contributed by atoms with E-state index in [0.717, 1.165) is 0 Å². The maximum atomic E-state index is 12.9. The number of amides is 2. The minimum atomic E-state index is -1.66. The van der Waals surface area contributed by atoms with Crippen molar-refractivity contribution in [1.29, 1.82) is 0 Å². The first kappa shape index (κ1) is 28.8. The van der Waals surface area contributed by atoms with Gasteiger partial charge in [0.05, 0.1) is 13.2 Å². The summed E-state index contributed by atoms with van der Waals surface area (Å²) in [5.41, 5.74) is -0.112. The van der Waals surface area contributed by atoms with Crippen LogP contribution in [0, 0.1) is 11.8 Å². The molecule has 2 aliphatic rings. The normalized spacial score (nSPS) is 17.0. The standard InChI is InChI=1S/C28H24N2O11/c1-3-39-19(31)11-29-27(37)21-23(33)15-7-5-13(9-17(15)25(21)35)41-14-6-8-16-18(10-14)26(36)22(24(16)34)28(38)30-12-20(32)40-4-2/h5-10,21-22H,3-4,11-12H2,1-2H3,(H,29,37)(H,30,38). The Kier molecular flexibility index (Phi) is 8.36. The predicted octanol–water partition coefficient (Wildman–Crippen LogP) is 0.828. The minimum absolute atomic E-state index is 0.00466. The summed E-state index contributed by atoms with van der Waals surface area (Å²) in [6.07, 6.45) is 0. The molecule has 4 rings (SSSR count). The van der Waals surface area contributed by atoms with Gasteiger partial charge in [0.1, 0.15) is 24.6 Å². The Balaban J connectivity index is 1.46. The molecule has 0 heterocycles. The average molecular weight is 565 g/mol. The van der Waals surface area contributed by atoms with Gasteiger partial charge in [-0.25, -0.2) is 0 Å². The van der Waals surface area contributed by atoms with Crippen molar-refractivity contribution in [2.24, 2.45) is 11.8 Å². The molecule has 0 spiro atoms. The van der Waals surface area contributed by atoms with E-state index in [0.29, 0.717) is 0 Å². The molecule has 0 saturated heterocycles. The zero-order valence-corrected chi connectivity index (χ0v) is 21.9. The molecule has 0 aromatic heterocycles.